The Morgan fingerprint density at radius 3 is 1.69 bits per heavy atom. The van der Waals surface area contributed by atoms with Crippen molar-refractivity contribution in [2.24, 2.45) is 10.8 Å². The van der Waals surface area contributed by atoms with Gasteiger partial charge in [-0.25, -0.2) is 9.59 Å². The molecule has 0 aliphatic heterocycles. The molecule has 5 N–H and O–H groups in total. The molecule has 0 fully saturated rings. The molecule has 3 aromatic rings. The van der Waals surface area contributed by atoms with Gasteiger partial charge in [-0.3, -0.25) is 14.6 Å². The quantitative estimate of drug-likeness (QED) is 0.154. The van der Waals surface area contributed by atoms with Crippen molar-refractivity contribution in [2.75, 3.05) is 14.2 Å². The van der Waals surface area contributed by atoms with E-state index in [4.69, 9.17) is 9.47 Å². The van der Waals surface area contributed by atoms with Crippen LogP contribution in [0.3, 0.4) is 0 Å². The number of nitrogens with one attached hydrogen (secondary N) is 4. The van der Waals surface area contributed by atoms with Gasteiger partial charge in [-0.1, -0.05) is 102 Å². The van der Waals surface area contributed by atoms with Crippen molar-refractivity contribution in [3.8, 4) is 11.3 Å². The summed E-state index contributed by atoms with van der Waals surface area (Å²) in [6, 6.07) is 17.8. The third kappa shape index (κ3) is 12.7. The number of aromatic nitrogens is 1. The first-order valence-corrected chi connectivity index (χ1v) is 17.4. The molecule has 1 heterocycles. The first-order valence-electron chi connectivity index (χ1n) is 17.4. The molecule has 12 nitrogen and oxygen atoms in total. The zero-order valence-corrected chi connectivity index (χ0v) is 31.8. The summed E-state index contributed by atoms with van der Waals surface area (Å²) in [6.07, 6.45) is -0.182. The van der Waals surface area contributed by atoms with Gasteiger partial charge in [0.25, 0.3) is 0 Å². The molecule has 3 rings (SSSR count). The molecule has 5 atom stereocenters. The summed E-state index contributed by atoms with van der Waals surface area (Å²) in [7, 11) is 2.45. The maximum atomic E-state index is 13.9. The highest BCUT2D eigenvalue weighted by molar-refractivity contribution is 5.87. The number of amides is 4. The van der Waals surface area contributed by atoms with Crippen LogP contribution in [0.1, 0.15) is 64.7 Å². The van der Waals surface area contributed by atoms with E-state index in [1.165, 1.54) is 14.2 Å². The van der Waals surface area contributed by atoms with Gasteiger partial charge >= 0.3 is 12.2 Å². The molecule has 0 saturated carbocycles. The van der Waals surface area contributed by atoms with Gasteiger partial charge in [0, 0.05) is 17.8 Å². The van der Waals surface area contributed by atoms with Gasteiger partial charge in [0.1, 0.15) is 12.1 Å². The minimum absolute atomic E-state index is 0.0461. The molecule has 0 aliphatic carbocycles. The van der Waals surface area contributed by atoms with Crippen molar-refractivity contribution in [1.29, 1.82) is 0 Å². The highest BCUT2D eigenvalue weighted by atomic mass is 16.5. The number of nitrogens with zero attached hydrogens (tertiary/aromatic N) is 1. The number of alkyl carbamates (subject to hydrolysis) is 2. The van der Waals surface area contributed by atoms with Crippen molar-refractivity contribution in [3.63, 3.8) is 0 Å². The highest BCUT2D eigenvalue weighted by Gasteiger charge is 2.37. The first-order chi connectivity index (χ1) is 24.4. The summed E-state index contributed by atoms with van der Waals surface area (Å²) < 4.78 is 9.57. The molecule has 0 unspecified atom stereocenters. The van der Waals surface area contributed by atoms with Gasteiger partial charge in [0.15, 0.2) is 0 Å². The Bertz CT molecular complexity index is 1620. The number of aliphatic hydroxyl groups is 1. The number of aliphatic hydroxyl groups excluding tert-OH is 1. The smallest absolute Gasteiger partial charge is 0.407 e. The van der Waals surface area contributed by atoms with Crippen molar-refractivity contribution in [3.05, 3.63) is 89.6 Å². The molecule has 0 radical (unpaired) electrons. The maximum absolute atomic E-state index is 13.9. The number of ether oxygens (including phenoxy) is 2. The Balaban J connectivity index is 1.96. The Morgan fingerprint density at radius 2 is 1.21 bits per heavy atom. The van der Waals surface area contributed by atoms with Gasteiger partial charge in [-0.05, 0) is 59.8 Å². The van der Waals surface area contributed by atoms with Gasteiger partial charge in [0.05, 0.1) is 32.1 Å². The van der Waals surface area contributed by atoms with E-state index in [2.05, 4.69) is 26.3 Å². The first kappa shape index (κ1) is 41.5. The average molecular weight is 718 g/mol. The van der Waals surface area contributed by atoms with Crippen molar-refractivity contribution < 1.29 is 33.8 Å². The second-order valence-corrected chi connectivity index (χ2v) is 15.3. The average Bonchev–Trinajstić information content (AvgIpc) is 3.08. The number of aryl methyl sites for hydroxylation is 1. The number of rotatable bonds is 14. The molecule has 4 amide bonds. The zero-order chi connectivity index (χ0) is 38.6. The zero-order valence-electron chi connectivity index (χ0n) is 31.8. The Hall–Kier alpha value is -4.97. The van der Waals surface area contributed by atoms with Crippen LogP contribution < -0.4 is 21.3 Å². The van der Waals surface area contributed by atoms with Gasteiger partial charge in [-0.2, -0.15) is 0 Å². The van der Waals surface area contributed by atoms with Crippen LogP contribution in [0.25, 0.3) is 11.3 Å². The van der Waals surface area contributed by atoms with Crippen LogP contribution in [0.5, 0.6) is 0 Å². The molecular weight excluding hydrogens is 662 g/mol. The minimum atomic E-state index is -1.15. The standard InChI is InChI=1S/C40H55N5O7/c1-25-15-20-30(41-24-25)28-18-16-27(17-19-28)21-29(42-35(47)33(39(2,3)4)44-37(49)51-8)23-32(46)31(22-26-13-11-10-12-14-26)43-36(48)34(40(5,6)7)45-38(50)52-9/h10-20,24,29,31-34,46H,21-23H2,1-9H3,(H,42,47)(H,43,48)(H,44,49)(H,45,50)/t29-,31-,32-,33+,34-/m0/s1. The lowest BCUT2D eigenvalue weighted by Crippen LogP contribution is -2.59. The largest absolute Gasteiger partial charge is 0.453 e. The monoisotopic (exact) mass is 717 g/mol. The van der Waals surface area contributed by atoms with Crippen molar-refractivity contribution >= 4 is 24.0 Å². The fourth-order valence-corrected chi connectivity index (χ4v) is 5.79. The van der Waals surface area contributed by atoms with Crippen LogP contribution in [0.15, 0.2) is 72.9 Å². The summed E-state index contributed by atoms with van der Waals surface area (Å²) in [4.78, 5) is 56.6. The summed E-state index contributed by atoms with van der Waals surface area (Å²) in [6.45, 7) is 12.9. The molecule has 52 heavy (non-hydrogen) atoms. The Morgan fingerprint density at radius 1 is 0.692 bits per heavy atom. The van der Waals surface area contributed by atoms with Crippen LogP contribution in [0, 0.1) is 17.8 Å². The van der Waals surface area contributed by atoms with E-state index in [1.807, 2.05) is 121 Å². The molecular formula is C40H55N5O7. The number of hydrogen-bond donors (Lipinski definition) is 5. The second kappa shape index (κ2) is 18.5. The van der Waals surface area contributed by atoms with Gasteiger partial charge in [0.2, 0.25) is 11.8 Å². The van der Waals surface area contributed by atoms with Crippen molar-refractivity contribution in [2.45, 2.75) is 98.0 Å². The Labute approximate surface area is 307 Å². The number of pyridine rings is 1. The molecule has 0 spiro atoms. The second-order valence-electron chi connectivity index (χ2n) is 15.3. The predicted molar refractivity (Wildman–Crippen MR) is 200 cm³/mol. The van der Waals surface area contributed by atoms with E-state index >= 15 is 0 Å². The minimum Gasteiger partial charge on any atom is -0.453 e. The van der Waals surface area contributed by atoms with Gasteiger partial charge in [-0.15, -0.1) is 0 Å². The topological polar surface area (TPSA) is 168 Å². The maximum Gasteiger partial charge on any atom is 0.407 e. The number of hydrogen-bond acceptors (Lipinski definition) is 8. The van der Waals surface area contributed by atoms with E-state index in [0.29, 0.717) is 6.42 Å². The molecule has 0 bridgehead atoms. The van der Waals surface area contributed by atoms with Crippen molar-refractivity contribution in [1.82, 2.24) is 26.3 Å². The van der Waals surface area contributed by atoms with E-state index in [1.54, 1.807) is 0 Å². The molecule has 12 heteroatoms. The van der Waals surface area contributed by atoms with Crippen LogP contribution in [0.2, 0.25) is 0 Å². The van der Waals surface area contributed by atoms with E-state index < -0.39 is 65.1 Å². The number of methoxy groups -OCH3 is 2. The van der Waals surface area contributed by atoms with E-state index in [-0.39, 0.29) is 12.8 Å². The van der Waals surface area contributed by atoms with Gasteiger partial charge < -0.3 is 35.8 Å². The lowest BCUT2D eigenvalue weighted by molar-refractivity contribution is -0.128. The number of carbonyl (C=O) groups is 4. The highest BCUT2D eigenvalue weighted by Crippen LogP contribution is 2.24. The lowest BCUT2D eigenvalue weighted by Gasteiger charge is -2.34. The van der Waals surface area contributed by atoms with Crippen LogP contribution in [-0.4, -0.2) is 78.6 Å². The third-order valence-electron chi connectivity index (χ3n) is 8.76. The summed E-state index contributed by atoms with van der Waals surface area (Å²) in [5, 5.41) is 23.2. The van der Waals surface area contributed by atoms with Crippen LogP contribution >= 0.6 is 0 Å². The SMILES string of the molecule is COC(=O)N[C@H](C(=O)N[C@@H](Cc1ccc(-c2ccc(C)cn2)cc1)C[C@H](O)[C@H](Cc1ccccc1)NC(=O)[C@H](NC(=O)OC)C(C)(C)C)C(C)(C)C. The fraction of sp³-hybridized carbons (Fsp3) is 0.475. The summed E-state index contributed by atoms with van der Waals surface area (Å²) in [5.41, 5.74) is 3.21. The molecule has 1 aromatic heterocycles. The molecule has 0 aliphatic rings. The Kier molecular flexibility index (Phi) is 14.7. The third-order valence-corrected chi connectivity index (χ3v) is 8.76. The fourth-order valence-electron chi connectivity index (χ4n) is 5.79. The predicted octanol–water partition coefficient (Wildman–Crippen LogP) is 5.10. The van der Waals surface area contributed by atoms with E-state index in [0.717, 1.165) is 27.9 Å². The van der Waals surface area contributed by atoms with E-state index in [9.17, 15) is 24.3 Å². The summed E-state index contributed by atoms with van der Waals surface area (Å²) >= 11 is 0. The lowest BCUT2D eigenvalue weighted by atomic mass is 9.85. The summed E-state index contributed by atoms with van der Waals surface area (Å²) in [5.74, 6) is -0.942. The van der Waals surface area contributed by atoms with Crippen LogP contribution in [0.4, 0.5) is 9.59 Å². The molecule has 2 aromatic carbocycles. The molecule has 282 valence electrons. The number of benzene rings is 2. The van der Waals surface area contributed by atoms with Crippen LogP contribution in [-0.2, 0) is 31.9 Å². The normalized spacial score (nSPS) is 14.5. The number of carbonyl (C=O) groups excluding carboxylic acids is 4. The molecule has 0 saturated heterocycles.